The molecular weight excluding hydrogens is 224 g/mol. The topological polar surface area (TPSA) is 37.3 Å². The normalized spacial score (nSPS) is 10.3. The summed E-state index contributed by atoms with van der Waals surface area (Å²) < 4.78 is 0. The number of carboxylic acid groups (broad SMARTS) is 1. The van der Waals surface area contributed by atoms with Crippen LogP contribution in [0.5, 0.6) is 0 Å². The number of aryl methyl sites for hydroxylation is 2. The Kier molecular flexibility index (Phi) is 3.47. The number of rotatable bonds is 3. The lowest BCUT2D eigenvalue weighted by Crippen LogP contribution is -1.97. The smallest absolute Gasteiger partial charge is 0.335 e. The number of hydrogen-bond donors (Lipinski definition) is 1. The average Bonchev–Trinajstić information content (AvgIpc) is 2.39. The van der Waals surface area contributed by atoms with Gasteiger partial charge in [0, 0.05) is 0 Å². The van der Waals surface area contributed by atoms with Gasteiger partial charge in [0.05, 0.1) is 5.56 Å². The lowest BCUT2D eigenvalue weighted by atomic mass is 9.96. The summed E-state index contributed by atoms with van der Waals surface area (Å²) in [6.07, 6.45) is 0.978. The second-order valence-electron chi connectivity index (χ2n) is 4.39. The van der Waals surface area contributed by atoms with E-state index in [1.54, 1.807) is 12.1 Å². The van der Waals surface area contributed by atoms with Gasteiger partial charge in [-0.2, -0.15) is 0 Å². The summed E-state index contributed by atoms with van der Waals surface area (Å²) in [4.78, 5) is 11.0. The minimum absolute atomic E-state index is 0.331. The van der Waals surface area contributed by atoms with E-state index in [2.05, 4.69) is 19.1 Å². The van der Waals surface area contributed by atoms with Crippen molar-refractivity contribution in [2.45, 2.75) is 20.3 Å². The van der Waals surface area contributed by atoms with Crippen molar-refractivity contribution in [1.82, 2.24) is 0 Å². The molecule has 0 aliphatic carbocycles. The van der Waals surface area contributed by atoms with Crippen LogP contribution in [0.25, 0.3) is 11.1 Å². The van der Waals surface area contributed by atoms with Crippen LogP contribution >= 0.6 is 0 Å². The maximum absolute atomic E-state index is 11.0. The van der Waals surface area contributed by atoms with Crippen molar-refractivity contribution in [2.24, 2.45) is 0 Å². The van der Waals surface area contributed by atoms with Crippen molar-refractivity contribution >= 4 is 5.97 Å². The monoisotopic (exact) mass is 240 g/mol. The number of carbonyl (C=O) groups is 1. The van der Waals surface area contributed by atoms with Crippen LogP contribution < -0.4 is 0 Å². The lowest BCUT2D eigenvalue weighted by molar-refractivity contribution is 0.0697. The molecule has 18 heavy (non-hydrogen) atoms. The Bertz CT molecular complexity index is 585. The molecule has 0 saturated carbocycles. The predicted molar refractivity (Wildman–Crippen MR) is 73.0 cm³/mol. The maximum atomic E-state index is 11.0. The Morgan fingerprint density at radius 1 is 1.17 bits per heavy atom. The summed E-state index contributed by atoms with van der Waals surface area (Å²) in [5, 5.41) is 9.05. The summed E-state index contributed by atoms with van der Waals surface area (Å²) in [6, 6.07) is 13.5. The fourth-order valence-corrected chi connectivity index (χ4v) is 2.02. The van der Waals surface area contributed by atoms with Gasteiger partial charge in [-0.1, -0.05) is 37.3 Å². The van der Waals surface area contributed by atoms with E-state index >= 15 is 0 Å². The van der Waals surface area contributed by atoms with Gasteiger partial charge in [0.1, 0.15) is 0 Å². The molecule has 92 valence electrons. The fraction of sp³-hybridized carbons (Fsp3) is 0.188. The zero-order valence-electron chi connectivity index (χ0n) is 10.6. The highest BCUT2D eigenvalue weighted by atomic mass is 16.4. The van der Waals surface area contributed by atoms with E-state index in [-0.39, 0.29) is 0 Å². The van der Waals surface area contributed by atoms with Crippen LogP contribution in [0.1, 0.15) is 28.4 Å². The van der Waals surface area contributed by atoms with Crippen LogP contribution in [0, 0.1) is 6.92 Å². The van der Waals surface area contributed by atoms with Gasteiger partial charge in [-0.05, 0) is 47.7 Å². The minimum Gasteiger partial charge on any atom is -0.478 e. The Labute approximate surface area is 107 Å². The molecule has 1 N–H and O–H groups in total. The fourth-order valence-electron chi connectivity index (χ4n) is 2.02. The zero-order chi connectivity index (χ0) is 13.1. The van der Waals surface area contributed by atoms with Crippen LogP contribution in [0.3, 0.4) is 0 Å². The molecule has 0 aliphatic heterocycles. The highest BCUT2D eigenvalue weighted by molar-refractivity contribution is 5.90. The SMILES string of the molecule is CCc1cccc(-c2cc(C(=O)O)ccc2C)c1. The van der Waals surface area contributed by atoms with E-state index in [1.807, 2.05) is 25.1 Å². The standard InChI is InChI=1S/C16H16O2/c1-3-12-5-4-6-13(9-12)15-10-14(16(17)18)8-7-11(15)2/h4-10H,3H2,1-2H3,(H,17,18). The molecular formula is C16H16O2. The third kappa shape index (κ3) is 2.43. The summed E-state index contributed by atoms with van der Waals surface area (Å²) in [7, 11) is 0. The number of hydrogen-bond acceptors (Lipinski definition) is 1. The van der Waals surface area contributed by atoms with Gasteiger partial charge in [-0.3, -0.25) is 0 Å². The van der Waals surface area contributed by atoms with Gasteiger partial charge in [-0.15, -0.1) is 0 Å². The first-order valence-electron chi connectivity index (χ1n) is 6.05. The molecule has 0 atom stereocenters. The van der Waals surface area contributed by atoms with Crippen LogP contribution in [0.15, 0.2) is 42.5 Å². The molecule has 2 heteroatoms. The van der Waals surface area contributed by atoms with Gasteiger partial charge in [-0.25, -0.2) is 4.79 Å². The minimum atomic E-state index is -0.886. The summed E-state index contributed by atoms with van der Waals surface area (Å²) in [5.74, 6) is -0.886. The molecule has 2 rings (SSSR count). The molecule has 0 aliphatic rings. The highest BCUT2D eigenvalue weighted by Crippen LogP contribution is 2.25. The van der Waals surface area contributed by atoms with Gasteiger partial charge >= 0.3 is 5.97 Å². The zero-order valence-corrected chi connectivity index (χ0v) is 10.6. The summed E-state index contributed by atoms with van der Waals surface area (Å²) in [5.41, 5.74) is 4.75. The Balaban J connectivity index is 2.54. The average molecular weight is 240 g/mol. The third-order valence-electron chi connectivity index (χ3n) is 3.13. The Morgan fingerprint density at radius 3 is 2.61 bits per heavy atom. The number of carboxylic acids is 1. The molecule has 0 heterocycles. The molecule has 0 amide bonds. The Morgan fingerprint density at radius 2 is 1.94 bits per heavy atom. The van der Waals surface area contributed by atoms with Crippen LogP contribution in [0.4, 0.5) is 0 Å². The van der Waals surface area contributed by atoms with Crippen LogP contribution in [-0.4, -0.2) is 11.1 Å². The van der Waals surface area contributed by atoms with E-state index in [1.165, 1.54) is 5.56 Å². The van der Waals surface area contributed by atoms with Gasteiger partial charge in [0.25, 0.3) is 0 Å². The van der Waals surface area contributed by atoms with Gasteiger partial charge in [0.2, 0.25) is 0 Å². The summed E-state index contributed by atoms with van der Waals surface area (Å²) >= 11 is 0. The van der Waals surface area contributed by atoms with Gasteiger partial charge < -0.3 is 5.11 Å². The quantitative estimate of drug-likeness (QED) is 0.882. The molecule has 0 radical (unpaired) electrons. The second kappa shape index (κ2) is 5.05. The first-order valence-corrected chi connectivity index (χ1v) is 6.05. The number of benzene rings is 2. The van der Waals surface area contributed by atoms with E-state index in [4.69, 9.17) is 5.11 Å². The molecule has 2 aromatic rings. The largest absolute Gasteiger partial charge is 0.478 e. The molecule has 0 saturated heterocycles. The van der Waals surface area contributed by atoms with Crippen LogP contribution in [0.2, 0.25) is 0 Å². The first kappa shape index (κ1) is 12.4. The first-order chi connectivity index (χ1) is 8.61. The maximum Gasteiger partial charge on any atom is 0.335 e. The van der Waals surface area contributed by atoms with Crippen molar-refractivity contribution < 1.29 is 9.90 Å². The predicted octanol–water partition coefficient (Wildman–Crippen LogP) is 3.92. The van der Waals surface area contributed by atoms with Crippen molar-refractivity contribution in [1.29, 1.82) is 0 Å². The van der Waals surface area contributed by atoms with Crippen molar-refractivity contribution in [3.05, 3.63) is 59.2 Å². The van der Waals surface area contributed by atoms with Gasteiger partial charge in [0.15, 0.2) is 0 Å². The van der Waals surface area contributed by atoms with Crippen LogP contribution in [-0.2, 0) is 6.42 Å². The van der Waals surface area contributed by atoms with Crippen molar-refractivity contribution in [3.8, 4) is 11.1 Å². The molecule has 0 bridgehead atoms. The van der Waals surface area contributed by atoms with Crippen molar-refractivity contribution in [2.75, 3.05) is 0 Å². The van der Waals surface area contributed by atoms with E-state index in [0.29, 0.717) is 5.56 Å². The Hall–Kier alpha value is -2.09. The molecule has 0 fully saturated rings. The van der Waals surface area contributed by atoms with Crippen molar-refractivity contribution in [3.63, 3.8) is 0 Å². The summed E-state index contributed by atoms with van der Waals surface area (Å²) in [6.45, 7) is 4.11. The number of aromatic carboxylic acids is 1. The lowest BCUT2D eigenvalue weighted by Gasteiger charge is -2.09. The van der Waals surface area contributed by atoms with E-state index in [0.717, 1.165) is 23.1 Å². The second-order valence-corrected chi connectivity index (χ2v) is 4.39. The molecule has 0 unspecified atom stereocenters. The third-order valence-corrected chi connectivity index (χ3v) is 3.13. The highest BCUT2D eigenvalue weighted by Gasteiger charge is 2.08. The molecule has 2 aromatic carbocycles. The van der Waals surface area contributed by atoms with E-state index < -0.39 is 5.97 Å². The molecule has 2 nitrogen and oxygen atoms in total. The van der Waals surface area contributed by atoms with E-state index in [9.17, 15) is 4.79 Å². The molecule has 0 spiro atoms. The molecule has 0 aromatic heterocycles.